The summed E-state index contributed by atoms with van der Waals surface area (Å²) < 4.78 is 17.9. The van der Waals surface area contributed by atoms with Gasteiger partial charge in [-0.3, -0.25) is 23.7 Å². The van der Waals surface area contributed by atoms with Gasteiger partial charge in [0.2, 0.25) is 23.6 Å². The van der Waals surface area contributed by atoms with E-state index in [4.69, 9.17) is 23.8 Å². The maximum atomic E-state index is 13.0. The monoisotopic (exact) mass is 580 g/mol. The van der Waals surface area contributed by atoms with Crippen LogP contribution in [0.2, 0.25) is 0 Å². The third kappa shape index (κ3) is 17.3. The van der Waals surface area contributed by atoms with Crippen LogP contribution in [0.1, 0.15) is 64.7 Å². The van der Waals surface area contributed by atoms with Gasteiger partial charge in [0.15, 0.2) is 0 Å². The van der Waals surface area contributed by atoms with Crippen LogP contribution in [0.15, 0.2) is 0 Å². The highest BCUT2D eigenvalue weighted by molar-refractivity contribution is 8.56. The Labute approximate surface area is 236 Å². The van der Waals surface area contributed by atoms with E-state index in [-0.39, 0.29) is 94.8 Å². The van der Waals surface area contributed by atoms with Crippen LogP contribution >= 0.6 is 18.0 Å². The second-order valence-corrected chi connectivity index (χ2v) is 13.9. The fraction of sp³-hybridized carbons (Fsp3) is 0.630. The highest BCUT2D eigenvalue weighted by Gasteiger charge is 2.33. The average molecular weight is 581 g/mol. The molecule has 0 heterocycles. The lowest BCUT2D eigenvalue weighted by Gasteiger charge is -2.35. The zero-order valence-corrected chi connectivity index (χ0v) is 24.6. The number of unbranched alkanes of at least 4 members (excludes halogenated alkanes) is 1. The number of nitrogens with one attached hydrogen (secondary N) is 4. The standard InChI is InChI=1S/C27H41N4O6PS/c1-6-19-28-23(32)13-16-27(17-14-24(33)29-20-7-2,18-15-25(34)30-21-8-3)31-26(35)12-10-11-22-37-38(36,9-4)39-5/h1-3H,9-22H2,4-5H3,(H,28,32)(H,29,33)(H,30,34)(H,31,35). The predicted octanol–water partition coefficient (Wildman–Crippen LogP) is 2.19. The van der Waals surface area contributed by atoms with Crippen molar-refractivity contribution in [3.05, 3.63) is 0 Å². The molecule has 4 amide bonds. The van der Waals surface area contributed by atoms with E-state index in [1.807, 2.05) is 0 Å². The summed E-state index contributed by atoms with van der Waals surface area (Å²) in [7, 11) is 0. The fourth-order valence-electron chi connectivity index (χ4n) is 3.56. The van der Waals surface area contributed by atoms with E-state index in [2.05, 4.69) is 39.0 Å². The summed E-state index contributed by atoms with van der Waals surface area (Å²) in [5.41, 5.74) is -1.03. The van der Waals surface area contributed by atoms with Gasteiger partial charge in [-0.1, -0.05) is 36.1 Å². The molecule has 0 aliphatic rings. The molecule has 12 heteroatoms. The van der Waals surface area contributed by atoms with Gasteiger partial charge in [-0.2, -0.15) is 0 Å². The molecule has 0 aromatic heterocycles. The quantitative estimate of drug-likeness (QED) is 0.0926. The zero-order valence-electron chi connectivity index (χ0n) is 22.9. The summed E-state index contributed by atoms with van der Waals surface area (Å²) in [5, 5.41) is 10.7. The summed E-state index contributed by atoms with van der Waals surface area (Å²) in [6.45, 7) is -0.442. The molecule has 0 aliphatic carbocycles. The van der Waals surface area contributed by atoms with Gasteiger partial charge < -0.3 is 25.8 Å². The van der Waals surface area contributed by atoms with Gasteiger partial charge in [-0.15, -0.1) is 19.3 Å². The maximum absolute atomic E-state index is 13.0. The molecule has 0 fully saturated rings. The second kappa shape index (κ2) is 21.0. The van der Waals surface area contributed by atoms with E-state index in [9.17, 15) is 23.7 Å². The van der Waals surface area contributed by atoms with Gasteiger partial charge in [0.05, 0.1) is 26.2 Å². The van der Waals surface area contributed by atoms with Gasteiger partial charge in [0.1, 0.15) is 0 Å². The molecule has 0 aromatic rings. The summed E-state index contributed by atoms with van der Waals surface area (Å²) in [6.07, 6.45) is 19.6. The number of rotatable bonds is 21. The molecule has 1 unspecified atom stereocenters. The molecule has 39 heavy (non-hydrogen) atoms. The first-order valence-electron chi connectivity index (χ1n) is 12.8. The van der Waals surface area contributed by atoms with Crippen molar-refractivity contribution in [3.8, 4) is 37.0 Å². The Bertz CT molecular complexity index is 891. The maximum Gasteiger partial charge on any atom is 0.257 e. The van der Waals surface area contributed by atoms with Crippen molar-refractivity contribution in [1.29, 1.82) is 0 Å². The van der Waals surface area contributed by atoms with Crippen molar-refractivity contribution >= 4 is 41.6 Å². The van der Waals surface area contributed by atoms with Gasteiger partial charge >= 0.3 is 0 Å². The molecule has 0 spiro atoms. The Balaban J connectivity index is 5.52. The van der Waals surface area contributed by atoms with E-state index in [0.29, 0.717) is 19.0 Å². The molecule has 0 aliphatic heterocycles. The zero-order chi connectivity index (χ0) is 29.6. The molecule has 216 valence electrons. The summed E-state index contributed by atoms with van der Waals surface area (Å²) in [5.74, 6) is 5.75. The number of hydrogen-bond donors (Lipinski definition) is 4. The first-order valence-corrected chi connectivity index (χ1v) is 16.4. The first kappa shape index (κ1) is 36.1. The molecule has 10 nitrogen and oxygen atoms in total. The SMILES string of the molecule is C#CCNC(=O)CCC(CCC(=O)NCC#C)(CCC(=O)NCC#C)NC(=O)CCCCOP(=O)(CC)SC. The van der Waals surface area contributed by atoms with Crippen LogP contribution < -0.4 is 21.3 Å². The summed E-state index contributed by atoms with van der Waals surface area (Å²) in [6, 6.07) is 0. The van der Waals surface area contributed by atoms with Crippen molar-refractivity contribution in [2.75, 3.05) is 38.7 Å². The van der Waals surface area contributed by atoms with Crippen LogP contribution in [0, 0.1) is 37.0 Å². The number of hydrogen-bond acceptors (Lipinski definition) is 7. The van der Waals surface area contributed by atoms with E-state index >= 15 is 0 Å². The summed E-state index contributed by atoms with van der Waals surface area (Å²) in [4.78, 5) is 49.9. The minimum Gasteiger partial charge on any atom is -0.351 e. The molecular formula is C27H41N4O6PS. The molecule has 4 N–H and O–H groups in total. The van der Waals surface area contributed by atoms with Crippen LogP contribution in [0.4, 0.5) is 0 Å². The lowest BCUT2D eigenvalue weighted by molar-refractivity contribution is -0.127. The fourth-order valence-corrected chi connectivity index (χ4v) is 5.83. The molecule has 0 aromatic carbocycles. The van der Waals surface area contributed by atoms with Gasteiger partial charge in [0, 0.05) is 37.4 Å². The van der Waals surface area contributed by atoms with Crippen molar-refractivity contribution in [1.82, 2.24) is 21.3 Å². The molecule has 0 saturated carbocycles. The van der Waals surface area contributed by atoms with Gasteiger partial charge in [0.25, 0.3) is 6.57 Å². The van der Waals surface area contributed by atoms with Crippen LogP contribution in [0.3, 0.4) is 0 Å². The van der Waals surface area contributed by atoms with Crippen molar-refractivity contribution in [3.63, 3.8) is 0 Å². The predicted molar refractivity (Wildman–Crippen MR) is 156 cm³/mol. The average Bonchev–Trinajstić information content (AvgIpc) is 2.93. The third-order valence-corrected chi connectivity index (χ3v) is 10.5. The van der Waals surface area contributed by atoms with Crippen molar-refractivity contribution in [2.24, 2.45) is 0 Å². The molecule has 0 saturated heterocycles. The minimum atomic E-state index is -2.69. The Morgan fingerprint density at radius 2 is 1.21 bits per heavy atom. The number of carbonyl (C=O) groups is 4. The van der Waals surface area contributed by atoms with E-state index in [1.165, 1.54) is 11.4 Å². The van der Waals surface area contributed by atoms with Crippen LogP contribution in [0.25, 0.3) is 0 Å². The Morgan fingerprint density at radius 3 is 1.56 bits per heavy atom. The molecule has 0 bridgehead atoms. The number of carbonyl (C=O) groups excluding carboxylic acids is 4. The lowest BCUT2D eigenvalue weighted by atomic mass is 9.83. The normalized spacial score (nSPS) is 12.1. The van der Waals surface area contributed by atoms with Gasteiger partial charge in [-0.25, -0.2) is 0 Å². The smallest absolute Gasteiger partial charge is 0.257 e. The molecule has 0 radical (unpaired) electrons. The Morgan fingerprint density at radius 1 is 0.769 bits per heavy atom. The molecular weight excluding hydrogens is 539 g/mol. The first-order chi connectivity index (χ1) is 18.6. The molecule has 1 atom stereocenters. The third-order valence-electron chi connectivity index (χ3n) is 5.81. The van der Waals surface area contributed by atoms with E-state index < -0.39 is 12.1 Å². The summed E-state index contributed by atoms with van der Waals surface area (Å²) >= 11 is 1.21. The lowest BCUT2D eigenvalue weighted by Crippen LogP contribution is -2.50. The van der Waals surface area contributed by atoms with E-state index in [0.717, 1.165) is 0 Å². The second-order valence-electron chi connectivity index (χ2n) is 8.67. The van der Waals surface area contributed by atoms with Crippen LogP contribution in [-0.4, -0.2) is 67.8 Å². The molecule has 0 rings (SSSR count). The van der Waals surface area contributed by atoms with E-state index in [1.54, 1.807) is 13.2 Å². The van der Waals surface area contributed by atoms with Crippen molar-refractivity contribution < 1.29 is 28.3 Å². The van der Waals surface area contributed by atoms with Crippen LogP contribution in [-0.2, 0) is 28.3 Å². The number of terminal acetylenes is 3. The largest absolute Gasteiger partial charge is 0.351 e. The minimum absolute atomic E-state index is 0.0226. The van der Waals surface area contributed by atoms with Gasteiger partial charge in [-0.05, 0) is 38.4 Å². The van der Waals surface area contributed by atoms with Crippen LogP contribution in [0.5, 0.6) is 0 Å². The van der Waals surface area contributed by atoms with Crippen molar-refractivity contribution in [2.45, 2.75) is 70.3 Å². The Kier molecular flexibility index (Phi) is 19.4. The highest BCUT2D eigenvalue weighted by Crippen LogP contribution is 2.57. The topological polar surface area (TPSA) is 143 Å². The Hall–Kier alpha value is -2.90. The highest BCUT2D eigenvalue weighted by atomic mass is 32.7. The number of amides is 4.